The lowest BCUT2D eigenvalue weighted by Crippen LogP contribution is -2.50. The molecule has 0 saturated carbocycles. The molecule has 0 bridgehead atoms. The molecule has 1 N–H and O–H groups in total. The molecule has 10 heteroatoms. The standard InChI is InChI=1S/C23H30N6O4/c1-16-21(25-18-5-3-4-6-19(18)27-7-11-32-12-8-27)29-22(24-16)17(23(30)31-2)15-20(26-29)28-9-13-33-14-10-28/h3-6,15,18-19,25H,7-14H2,1-2H3. The normalized spacial score (nSPS) is 23.8. The number of hydrogen-bond acceptors (Lipinski definition) is 9. The molecule has 2 unspecified atom stereocenters. The van der Waals surface area contributed by atoms with Gasteiger partial charge in [-0.05, 0) is 6.92 Å². The van der Waals surface area contributed by atoms with Gasteiger partial charge in [-0.1, -0.05) is 24.3 Å². The minimum atomic E-state index is -0.430. The molecule has 2 atom stereocenters. The summed E-state index contributed by atoms with van der Waals surface area (Å²) in [5, 5.41) is 8.53. The highest BCUT2D eigenvalue weighted by Gasteiger charge is 2.29. The van der Waals surface area contributed by atoms with Gasteiger partial charge in [0.25, 0.3) is 0 Å². The summed E-state index contributed by atoms with van der Waals surface area (Å²) in [6, 6.07) is 1.98. The quantitative estimate of drug-likeness (QED) is 0.671. The monoisotopic (exact) mass is 454 g/mol. The predicted octanol–water partition coefficient (Wildman–Crippen LogP) is 1.27. The van der Waals surface area contributed by atoms with Gasteiger partial charge in [0.1, 0.15) is 5.56 Å². The Balaban J connectivity index is 1.53. The van der Waals surface area contributed by atoms with Gasteiger partial charge in [-0.15, -0.1) is 5.10 Å². The number of morpholine rings is 2. The number of esters is 1. The molecule has 10 nitrogen and oxygen atoms in total. The van der Waals surface area contributed by atoms with Crippen molar-refractivity contribution >= 4 is 23.3 Å². The number of rotatable bonds is 5. The number of carbonyl (C=O) groups excluding carboxylic acids is 1. The van der Waals surface area contributed by atoms with Crippen LogP contribution in [0.5, 0.6) is 0 Å². The van der Waals surface area contributed by atoms with E-state index in [1.807, 2.05) is 6.92 Å². The summed E-state index contributed by atoms with van der Waals surface area (Å²) >= 11 is 0. The van der Waals surface area contributed by atoms with E-state index in [0.29, 0.717) is 43.3 Å². The second kappa shape index (κ2) is 9.50. The molecule has 2 aromatic heterocycles. The third-order valence-electron chi connectivity index (χ3n) is 6.36. The van der Waals surface area contributed by atoms with Crippen LogP contribution < -0.4 is 10.2 Å². The molecule has 4 heterocycles. The Morgan fingerprint density at radius 3 is 2.52 bits per heavy atom. The van der Waals surface area contributed by atoms with Gasteiger partial charge in [0.05, 0.1) is 51.3 Å². The predicted molar refractivity (Wildman–Crippen MR) is 124 cm³/mol. The molecule has 5 rings (SSSR count). The van der Waals surface area contributed by atoms with Crippen molar-refractivity contribution in [2.75, 3.05) is 69.9 Å². The van der Waals surface area contributed by atoms with Crippen LogP contribution in [0, 0.1) is 6.92 Å². The van der Waals surface area contributed by atoms with Crippen molar-refractivity contribution < 1.29 is 19.0 Å². The number of hydrogen-bond donors (Lipinski definition) is 1. The molecule has 0 aromatic carbocycles. The number of methoxy groups -OCH3 is 1. The highest BCUT2D eigenvalue weighted by molar-refractivity contribution is 5.97. The largest absolute Gasteiger partial charge is 0.465 e. The molecule has 33 heavy (non-hydrogen) atoms. The van der Waals surface area contributed by atoms with Crippen molar-refractivity contribution in [3.8, 4) is 0 Å². The smallest absolute Gasteiger partial charge is 0.341 e. The number of imidazole rings is 1. The maximum atomic E-state index is 12.6. The van der Waals surface area contributed by atoms with Gasteiger partial charge in [-0.2, -0.15) is 4.52 Å². The van der Waals surface area contributed by atoms with Crippen molar-refractivity contribution in [1.29, 1.82) is 0 Å². The zero-order valence-corrected chi connectivity index (χ0v) is 19.1. The van der Waals surface area contributed by atoms with Gasteiger partial charge in [0, 0.05) is 32.2 Å². The van der Waals surface area contributed by atoms with Gasteiger partial charge in [-0.3, -0.25) is 4.90 Å². The molecule has 3 aliphatic rings. The first kappa shape index (κ1) is 21.9. The fourth-order valence-corrected chi connectivity index (χ4v) is 4.60. The molecule has 0 amide bonds. The number of aryl methyl sites for hydroxylation is 1. The summed E-state index contributed by atoms with van der Waals surface area (Å²) < 4.78 is 17.8. The second-order valence-corrected chi connectivity index (χ2v) is 8.37. The van der Waals surface area contributed by atoms with Crippen molar-refractivity contribution in [1.82, 2.24) is 19.5 Å². The van der Waals surface area contributed by atoms with Gasteiger partial charge in [0.2, 0.25) is 0 Å². The van der Waals surface area contributed by atoms with E-state index >= 15 is 0 Å². The maximum absolute atomic E-state index is 12.6. The highest BCUT2D eigenvalue weighted by Crippen LogP contribution is 2.27. The van der Waals surface area contributed by atoms with Crippen LogP contribution in [-0.4, -0.2) is 97.3 Å². The van der Waals surface area contributed by atoms with E-state index < -0.39 is 5.97 Å². The maximum Gasteiger partial charge on any atom is 0.341 e. The number of nitrogens with one attached hydrogen (secondary N) is 1. The van der Waals surface area contributed by atoms with Crippen LogP contribution in [0.15, 0.2) is 30.4 Å². The van der Waals surface area contributed by atoms with E-state index in [0.717, 1.165) is 37.8 Å². The van der Waals surface area contributed by atoms with E-state index in [9.17, 15) is 4.79 Å². The van der Waals surface area contributed by atoms with E-state index in [1.165, 1.54) is 7.11 Å². The van der Waals surface area contributed by atoms with Crippen LogP contribution in [0.4, 0.5) is 11.6 Å². The van der Waals surface area contributed by atoms with Crippen molar-refractivity contribution in [2.45, 2.75) is 19.0 Å². The molecule has 1 aliphatic carbocycles. The van der Waals surface area contributed by atoms with Crippen molar-refractivity contribution in [2.24, 2.45) is 0 Å². The van der Waals surface area contributed by atoms with Crippen LogP contribution in [0.1, 0.15) is 16.1 Å². The van der Waals surface area contributed by atoms with E-state index in [1.54, 1.807) is 10.6 Å². The second-order valence-electron chi connectivity index (χ2n) is 8.37. The summed E-state index contributed by atoms with van der Waals surface area (Å²) in [5.74, 6) is 1.05. The summed E-state index contributed by atoms with van der Waals surface area (Å²) in [5.41, 5.74) is 1.65. The number of nitrogens with zero attached hydrogens (tertiary/aromatic N) is 5. The molecule has 2 aliphatic heterocycles. The first-order valence-corrected chi connectivity index (χ1v) is 11.4. The lowest BCUT2D eigenvalue weighted by Gasteiger charge is -2.38. The Bertz CT molecular complexity index is 1070. The molecule has 2 fully saturated rings. The Morgan fingerprint density at radius 2 is 1.79 bits per heavy atom. The van der Waals surface area contributed by atoms with E-state index in [2.05, 4.69) is 44.4 Å². The van der Waals surface area contributed by atoms with Crippen molar-refractivity contribution in [3.05, 3.63) is 41.6 Å². The highest BCUT2D eigenvalue weighted by atomic mass is 16.5. The minimum Gasteiger partial charge on any atom is -0.465 e. The number of ether oxygens (including phenoxy) is 3. The fourth-order valence-electron chi connectivity index (χ4n) is 4.60. The fraction of sp³-hybridized carbons (Fsp3) is 0.522. The van der Waals surface area contributed by atoms with Crippen molar-refractivity contribution in [3.63, 3.8) is 0 Å². The van der Waals surface area contributed by atoms with Crippen LogP contribution >= 0.6 is 0 Å². The molecule has 0 radical (unpaired) electrons. The third kappa shape index (κ3) is 4.33. The number of aromatic nitrogens is 3. The molecular formula is C23H30N6O4. The van der Waals surface area contributed by atoms with Gasteiger partial charge < -0.3 is 24.4 Å². The Kier molecular flexibility index (Phi) is 6.30. The third-order valence-corrected chi connectivity index (χ3v) is 6.36. The number of allylic oxidation sites excluding steroid dienone is 2. The number of fused-ring (bicyclic) bond motifs is 1. The Morgan fingerprint density at radius 1 is 1.09 bits per heavy atom. The van der Waals surface area contributed by atoms with Crippen LogP contribution in [-0.2, 0) is 14.2 Å². The van der Waals surface area contributed by atoms with Gasteiger partial charge in [-0.25, -0.2) is 9.78 Å². The van der Waals surface area contributed by atoms with Crippen LogP contribution in [0.25, 0.3) is 5.65 Å². The summed E-state index contributed by atoms with van der Waals surface area (Å²) in [6.45, 7) is 7.86. The average molecular weight is 455 g/mol. The minimum absolute atomic E-state index is 0.0297. The molecule has 176 valence electrons. The van der Waals surface area contributed by atoms with E-state index in [4.69, 9.17) is 19.3 Å². The summed E-state index contributed by atoms with van der Waals surface area (Å²) in [7, 11) is 1.38. The average Bonchev–Trinajstić information content (AvgIpc) is 3.19. The van der Waals surface area contributed by atoms with E-state index in [-0.39, 0.29) is 12.1 Å². The number of anilines is 2. The van der Waals surface area contributed by atoms with Gasteiger partial charge in [0.15, 0.2) is 17.3 Å². The zero-order valence-electron chi connectivity index (χ0n) is 19.1. The summed E-state index contributed by atoms with van der Waals surface area (Å²) in [6.07, 6.45) is 8.52. The van der Waals surface area contributed by atoms with Crippen LogP contribution in [0.3, 0.4) is 0 Å². The Hall–Kier alpha value is -2.95. The number of carbonyl (C=O) groups is 1. The Labute approximate surface area is 192 Å². The molecular weight excluding hydrogens is 424 g/mol. The van der Waals surface area contributed by atoms with Gasteiger partial charge >= 0.3 is 5.97 Å². The first-order valence-electron chi connectivity index (χ1n) is 11.4. The first-order chi connectivity index (χ1) is 16.2. The molecule has 2 aromatic rings. The topological polar surface area (TPSA) is 93.5 Å². The zero-order chi connectivity index (χ0) is 22.8. The molecule has 2 saturated heterocycles. The SMILES string of the molecule is COC(=O)c1cc(N2CCOCC2)nn2c(NC3C=CC=CC3N3CCOCC3)c(C)nc12. The lowest BCUT2D eigenvalue weighted by molar-refractivity contribution is 0.0244. The lowest BCUT2D eigenvalue weighted by atomic mass is 10.0. The summed E-state index contributed by atoms with van der Waals surface area (Å²) in [4.78, 5) is 21.9. The van der Waals surface area contributed by atoms with Crippen LogP contribution in [0.2, 0.25) is 0 Å². The molecule has 0 spiro atoms.